The topological polar surface area (TPSA) is 26.7 Å². The molecule has 0 saturated heterocycles. The van der Waals surface area contributed by atoms with Gasteiger partial charge in [0.25, 0.3) is 0 Å². The summed E-state index contributed by atoms with van der Waals surface area (Å²) >= 11 is 0. The van der Waals surface area contributed by atoms with E-state index in [4.69, 9.17) is 0 Å². The van der Waals surface area contributed by atoms with Crippen LogP contribution in [0.5, 0.6) is 0 Å². The number of rotatable bonds is 8. The molecule has 0 unspecified atom stereocenters. The Balaban J connectivity index is 1.16. The second kappa shape index (κ2) is 12.9. The highest BCUT2D eigenvalue weighted by Gasteiger charge is 2.17. The first-order chi connectivity index (χ1) is 23.8. The predicted octanol–water partition coefficient (Wildman–Crippen LogP) is 12.1. The predicted molar refractivity (Wildman–Crippen MR) is 202 cm³/mol. The van der Waals surface area contributed by atoms with Gasteiger partial charge < -0.3 is 14.9 Å². The molecule has 0 aliphatic rings. The van der Waals surface area contributed by atoms with E-state index in [2.05, 4.69) is 186 Å². The van der Waals surface area contributed by atoms with Gasteiger partial charge in [-0.2, -0.15) is 0 Å². The number of hydrogen-bond donors (Lipinski definition) is 1. The summed E-state index contributed by atoms with van der Waals surface area (Å²) in [5.74, 6) is 0. The molecule has 0 aliphatic heterocycles. The van der Waals surface area contributed by atoms with Crippen molar-refractivity contribution in [1.29, 1.82) is 0 Å². The third-order valence-corrected chi connectivity index (χ3v) is 8.99. The lowest BCUT2D eigenvalue weighted by Crippen LogP contribution is -2.10. The average molecular weight is 619 g/mol. The van der Waals surface area contributed by atoms with E-state index in [9.17, 15) is 5.11 Å². The Hall–Kier alpha value is -6.16. The van der Waals surface area contributed by atoms with Crippen LogP contribution in [-0.4, -0.2) is 5.11 Å². The Kier molecular flexibility index (Phi) is 7.87. The number of fused-ring (bicyclic) bond motifs is 2. The molecular weight excluding hydrogens is 585 g/mol. The van der Waals surface area contributed by atoms with Crippen molar-refractivity contribution >= 4 is 55.7 Å². The minimum atomic E-state index is 0.0209. The van der Waals surface area contributed by atoms with Gasteiger partial charge in [0.05, 0.1) is 18.0 Å². The molecule has 3 heteroatoms. The fourth-order valence-corrected chi connectivity index (χ4v) is 6.59. The summed E-state index contributed by atoms with van der Waals surface area (Å²) in [6.07, 6.45) is 0. The molecule has 0 aromatic heterocycles. The SMILES string of the molecule is OCc1ccc(N(c2ccc(-c3ccc(N(c4ccccc4)c4cccc5ccccc45)cc3)cc2)c2cccc3ccccc23)cc1. The standard InChI is InChI=1S/C45H34N2O/c48-32-33-20-26-39(27-21-33)47(45-19-9-13-37-11-5-7-17-43(37)45)41-30-24-35(25-31-41)34-22-28-40(29-23-34)46(38-14-2-1-3-15-38)44-18-8-12-36-10-4-6-16-42(36)44/h1-31,48H,32H2. The van der Waals surface area contributed by atoms with Crippen molar-refractivity contribution in [3.63, 3.8) is 0 Å². The van der Waals surface area contributed by atoms with Crippen LogP contribution in [0.15, 0.2) is 188 Å². The monoisotopic (exact) mass is 618 g/mol. The van der Waals surface area contributed by atoms with Gasteiger partial charge in [0, 0.05) is 33.5 Å². The molecule has 230 valence electrons. The van der Waals surface area contributed by atoms with Crippen LogP contribution in [0.1, 0.15) is 5.56 Å². The van der Waals surface area contributed by atoms with Gasteiger partial charge in [-0.15, -0.1) is 0 Å². The van der Waals surface area contributed by atoms with Gasteiger partial charge >= 0.3 is 0 Å². The zero-order valence-corrected chi connectivity index (χ0v) is 26.4. The highest BCUT2D eigenvalue weighted by molar-refractivity contribution is 6.00. The number of nitrogens with zero attached hydrogens (tertiary/aromatic N) is 2. The normalized spacial score (nSPS) is 11.1. The molecule has 8 aromatic rings. The number of hydrogen-bond acceptors (Lipinski definition) is 3. The summed E-state index contributed by atoms with van der Waals surface area (Å²) in [5, 5.41) is 14.5. The van der Waals surface area contributed by atoms with Crippen LogP contribution in [0.3, 0.4) is 0 Å². The first kappa shape index (κ1) is 29.3. The van der Waals surface area contributed by atoms with Crippen LogP contribution in [0, 0.1) is 0 Å². The van der Waals surface area contributed by atoms with E-state index in [1.807, 2.05) is 12.1 Å². The maximum atomic E-state index is 9.67. The molecule has 0 heterocycles. The van der Waals surface area contributed by atoms with E-state index in [-0.39, 0.29) is 6.61 Å². The lowest BCUT2D eigenvalue weighted by molar-refractivity contribution is 0.282. The van der Waals surface area contributed by atoms with E-state index < -0.39 is 0 Å². The van der Waals surface area contributed by atoms with Crippen LogP contribution >= 0.6 is 0 Å². The van der Waals surface area contributed by atoms with Crippen LogP contribution in [0.2, 0.25) is 0 Å². The van der Waals surface area contributed by atoms with E-state index in [1.54, 1.807) is 0 Å². The minimum Gasteiger partial charge on any atom is -0.392 e. The summed E-state index contributed by atoms with van der Waals surface area (Å²) in [4.78, 5) is 4.62. The number of anilines is 6. The Morgan fingerprint density at radius 2 is 0.708 bits per heavy atom. The summed E-state index contributed by atoms with van der Waals surface area (Å²) < 4.78 is 0. The maximum absolute atomic E-state index is 9.67. The zero-order valence-electron chi connectivity index (χ0n) is 26.4. The van der Waals surface area contributed by atoms with Gasteiger partial charge in [-0.25, -0.2) is 0 Å². The molecule has 0 saturated carbocycles. The molecule has 48 heavy (non-hydrogen) atoms. The molecule has 8 rings (SSSR count). The van der Waals surface area contributed by atoms with Gasteiger partial charge in [-0.05, 0) is 88.1 Å². The van der Waals surface area contributed by atoms with E-state index in [0.29, 0.717) is 0 Å². The Morgan fingerprint density at radius 1 is 0.333 bits per heavy atom. The smallest absolute Gasteiger partial charge is 0.0681 e. The van der Waals surface area contributed by atoms with Crippen molar-refractivity contribution in [2.45, 2.75) is 6.61 Å². The maximum Gasteiger partial charge on any atom is 0.0681 e. The summed E-state index contributed by atoms with van der Waals surface area (Å²) in [6.45, 7) is 0.0209. The fourth-order valence-electron chi connectivity index (χ4n) is 6.59. The lowest BCUT2D eigenvalue weighted by Gasteiger charge is -2.27. The molecule has 0 amide bonds. The van der Waals surface area contributed by atoms with Crippen LogP contribution in [0.25, 0.3) is 32.7 Å². The van der Waals surface area contributed by atoms with Gasteiger partial charge in [-0.1, -0.05) is 127 Å². The molecule has 0 atom stereocenters. The Labute approximate surface area is 281 Å². The first-order valence-electron chi connectivity index (χ1n) is 16.3. The molecule has 8 aromatic carbocycles. The van der Waals surface area contributed by atoms with E-state index >= 15 is 0 Å². The highest BCUT2D eigenvalue weighted by atomic mass is 16.3. The third kappa shape index (κ3) is 5.57. The van der Waals surface area contributed by atoms with E-state index in [0.717, 1.165) is 50.8 Å². The Morgan fingerprint density at radius 3 is 1.17 bits per heavy atom. The summed E-state index contributed by atoms with van der Waals surface area (Å²) in [5.41, 5.74) is 9.77. The van der Waals surface area contributed by atoms with Crippen molar-refractivity contribution in [2.24, 2.45) is 0 Å². The second-order valence-electron chi connectivity index (χ2n) is 11.9. The number of para-hydroxylation sites is 1. The van der Waals surface area contributed by atoms with Crippen LogP contribution in [0.4, 0.5) is 34.1 Å². The third-order valence-electron chi connectivity index (χ3n) is 8.99. The molecule has 1 N–H and O–H groups in total. The largest absolute Gasteiger partial charge is 0.392 e. The van der Waals surface area contributed by atoms with Crippen molar-refractivity contribution < 1.29 is 5.11 Å². The number of aliphatic hydroxyl groups excluding tert-OH is 1. The van der Waals surface area contributed by atoms with Crippen molar-refractivity contribution in [1.82, 2.24) is 0 Å². The summed E-state index contributed by atoms with van der Waals surface area (Å²) in [6, 6.07) is 66.3. The van der Waals surface area contributed by atoms with Crippen LogP contribution < -0.4 is 9.80 Å². The Bertz CT molecular complexity index is 2300. The molecule has 0 radical (unpaired) electrons. The lowest BCUT2D eigenvalue weighted by atomic mass is 10.0. The van der Waals surface area contributed by atoms with Gasteiger partial charge in [0.15, 0.2) is 0 Å². The minimum absolute atomic E-state index is 0.0209. The van der Waals surface area contributed by atoms with Crippen molar-refractivity contribution in [2.75, 3.05) is 9.80 Å². The first-order valence-corrected chi connectivity index (χ1v) is 16.3. The highest BCUT2D eigenvalue weighted by Crippen LogP contribution is 2.41. The molecule has 3 nitrogen and oxygen atoms in total. The summed E-state index contributed by atoms with van der Waals surface area (Å²) in [7, 11) is 0. The molecular formula is C45H34N2O. The molecule has 0 fully saturated rings. The molecule has 0 bridgehead atoms. The van der Waals surface area contributed by atoms with E-state index in [1.165, 1.54) is 21.5 Å². The quantitative estimate of drug-likeness (QED) is 0.184. The van der Waals surface area contributed by atoms with Crippen molar-refractivity contribution in [3.8, 4) is 11.1 Å². The second-order valence-corrected chi connectivity index (χ2v) is 11.9. The zero-order chi connectivity index (χ0) is 32.3. The fraction of sp³-hybridized carbons (Fsp3) is 0.0222. The average Bonchev–Trinajstić information content (AvgIpc) is 3.16. The molecule has 0 spiro atoms. The number of aliphatic hydroxyl groups is 1. The van der Waals surface area contributed by atoms with Gasteiger partial charge in [0.2, 0.25) is 0 Å². The van der Waals surface area contributed by atoms with Crippen LogP contribution in [-0.2, 0) is 6.61 Å². The number of benzene rings is 8. The van der Waals surface area contributed by atoms with Gasteiger partial charge in [-0.3, -0.25) is 0 Å². The molecule has 0 aliphatic carbocycles. The van der Waals surface area contributed by atoms with Crippen molar-refractivity contribution in [3.05, 3.63) is 194 Å². The van der Waals surface area contributed by atoms with Gasteiger partial charge in [0.1, 0.15) is 0 Å².